The molecule has 1 unspecified atom stereocenters. The van der Waals surface area contributed by atoms with E-state index in [0.717, 1.165) is 12.0 Å². The fourth-order valence-corrected chi connectivity index (χ4v) is 3.02. The number of likely N-dealkylation sites (tertiary alicyclic amines) is 1. The van der Waals surface area contributed by atoms with E-state index in [4.69, 9.17) is 0 Å². The second-order valence-electron chi connectivity index (χ2n) is 6.31. The van der Waals surface area contributed by atoms with Crippen molar-refractivity contribution in [1.82, 2.24) is 15.2 Å². The third kappa shape index (κ3) is 3.96. The Bertz CT molecular complexity index is 829. The Morgan fingerprint density at radius 2 is 2.04 bits per heavy atom. The van der Waals surface area contributed by atoms with E-state index >= 15 is 0 Å². The van der Waals surface area contributed by atoms with Gasteiger partial charge in [0.25, 0.3) is 5.91 Å². The molecular weight excluding hydrogens is 318 g/mol. The molecule has 1 aromatic heterocycles. The molecule has 1 aliphatic rings. The number of hydrogen-bond donors (Lipinski definition) is 2. The first-order chi connectivity index (χ1) is 12.0. The molecule has 6 heteroatoms. The largest absolute Gasteiger partial charge is 0.364 e. The molecule has 2 heterocycles. The summed E-state index contributed by atoms with van der Waals surface area (Å²) in [5.41, 5.74) is 1.42. The van der Waals surface area contributed by atoms with Crippen LogP contribution in [0.25, 0.3) is 0 Å². The molecule has 1 fully saturated rings. The molecule has 3 rings (SSSR count). The lowest BCUT2D eigenvalue weighted by atomic mass is 10.0. The Kier molecular flexibility index (Phi) is 4.97. The van der Waals surface area contributed by atoms with E-state index in [2.05, 4.69) is 10.3 Å². The van der Waals surface area contributed by atoms with Gasteiger partial charge < -0.3 is 15.2 Å². The van der Waals surface area contributed by atoms with Gasteiger partial charge >= 0.3 is 0 Å². The first-order valence-electron chi connectivity index (χ1n) is 8.37. The minimum atomic E-state index is -0.592. The Labute approximate surface area is 145 Å². The summed E-state index contributed by atoms with van der Waals surface area (Å²) in [6.45, 7) is 2.94. The number of nitrogens with zero attached hydrogens (tertiary/aromatic N) is 1. The van der Waals surface area contributed by atoms with Crippen LogP contribution in [0.15, 0.2) is 47.4 Å². The summed E-state index contributed by atoms with van der Waals surface area (Å²) >= 11 is 0. The van der Waals surface area contributed by atoms with Gasteiger partial charge in [-0.3, -0.25) is 14.4 Å². The highest BCUT2D eigenvalue weighted by Gasteiger charge is 2.30. The number of aromatic nitrogens is 1. The van der Waals surface area contributed by atoms with Crippen molar-refractivity contribution in [2.45, 2.75) is 32.4 Å². The van der Waals surface area contributed by atoms with E-state index in [1.807, 2.05) is 30.3 Å². The van der Waals surface area contributed by atoms with E-state index in [1.165, 1.54) is 12.3 Å². The molecule has 1 aliphatic heterocycles. The number of H-pyrrole nitrogens is 1. The number of carbonyl (C=O) groups is 2. The number of rotatable bonds is 4. The van der Waals surface area contributed by atoms with Gasteiger partial charge in [-0.15, -0.1) is 0 Å². The molecule has 1 aromatic carbocycles. The molecule has 6 nitrogen and oxygen atoms in total. The SMILES string of the molecule is Cc1cc(=O)c(C(=O)NC2CCCN(Cc3ccccc3)C2=O)c[nH]1. The van der Waals surface area contributed by atoms with Crippen LogP contribution in [0.4, 0.5) is 0 Å². The number of carbonyl (C=O) groups excluding carboxylic acids is 2. The first kappa shape index (κ1) is 17.0. The Hall–Kier alpha value is -2.89. The van der Waals surface area contributed by atoms with E-state index < -0.39 is 11.9 Å². The fraction of sp³-hybridized carbons (Fsp3) is 0.316. The minimum absolute atomic E-state index is 0.0265. The third-order valence-electron chi connectivity index (χ3n) is 4.35. The average molecular weight is 339 g/mol. The second-order valence-corrected chi connectivity index (χ2v) is 6.31. The molecule has 130 valence electrons. The smallest absolute Gasteiger partial charge is 0.257 e. The quantitative estimate of drug-likeness (QED) is 0.888. The van der Waals surface area contributed by atoms with Gasteiger partial charge in [0, 0.05) is 31.0 Å². The maximum atomic E-state index is 12.7. The predicted octanol–water partition coefficient (Wildman–Crippen LogP) is 1.60. The number of aromatic amines is 1. The van der Waals surface area contributed by atoms with Gasteiger partial charge in [-0.2, -0.15) is 0 Å². The summed E-state index contributed by atoms with van der Waals surface area (Å²) in [6.07, 6.45) is 2.79. The normalized spacial score (nSPS) is 17.4. The van der Waals surface area contributed by atoms with Crippen LogP contribution in [0, 0.1) is 6.92 Å². The number of amides is 2. The van der Waals surface area contributed by atoms with Crippen molar-refractivity contribution >= 4 is 11.8 Å². The molecule has 1 saturated heterocycles. The van der Waals surface area contributed by atoms with E-state index in [-0.39, 0.29) is 16.9 Å². The summed E-state index contributed by atoms with van der Waals surface area (Å²) < 4.78 is 0. The van der Waals surface area contributed by atoms with Crippen molar-refractivity contribution < 1.29 is 9.59 Å². The van der Waals surface area contributed by atoms with Crippen molar-refractivity contribution in [3.8, 4) is 0 Å². The molecule has 0 radical (unpaired) electrons. The molecule has 2 amide bonds. The molecule has 1 atom stereocenters. The predicted molar refractivity (Wildman–Crippen MR) is 94.1 cm³/mol. The average Bonchev–Trinajstić information content (AvgIpc) is 2.59. The lowest BCUT2D eigenvalue weighted by Crippen LogP contribution is -2.52. The fourth-order valence-electron chi connectivity index (χ4n) is 3.02. The first-order valence-corrected chi connectivity index (χ1v) is 8.37. The number of nitrogens with one attached hydrogen (secondary N) is 2. The maximum absolute atomic E-state index is 12.7. The number of hydrogen-bond acceptors (Lipinski definition) is 3. The molecule has 2 aromatic rings. The Balaban J connectivity index is 1.68. The standard InChI is InChI=1S/C19H21N3O3/c1-13-10-17(23)15(11-20-13)18(24)21-16-8-5-9-22(19(16)25)12-14-6-3-2-4-7-14/h2-4,6-7,10-11,16H,5,8-9,12H2,1H3,(H,20,23)(H,21,24). The molecule has 0 aliphatic carbocycles. The summed E-state index contributed by atoms with van der Waals surface area (Å²) in [5.74, 6) is -0.617. The lowest BCUT2D eigenvalue weighted by molar-refractivity contribution is -0.136. The lowest BCUT2D eigenvalue weighted by Gasteiger charge is -2.32. The van der Waals surface area contributed by atoms with E-state index in [0.29, 0.717) is 25.2 Å². The van der Waals surface area contributed by atoms with Crippen LogP contribution in [-0.4, -0.2) is 34.3 Å². The Morgan fingerprint density at radius 3 is 2.76 bits per heavy atom. The molecule has 0 saturated carbocycles. The molecular formula is C19H21N3O3. The molecule has 2 N–H and O–H groups in total. The van der Waals surface area contributed by atoms with Crippen LogP contribution in [0.2, 0.25) is 0 Å². The van der Waals surface area contributed by atoms with Gasteiger partial charge in [-0.25, -0.2) is 0 Å². The summed E-state index contributed by atoms with van der Waals surface area (Å²) in [5, 5.41) is 2.71. The van der Waals surface area contributed by atoms with Gasteiger partial charge in [0.1, 0.15) is 11.6 Å². The van der Waals surface area contributed by atoms with Gasteiger partial charge in [0.05, 0.1) is 0 Å². The number of aryl methyl sites for hydroxylation is 1. The zero-order valence-corrected chi connectivity index (χ0v) is 14.1. The van der Waals surface area contributed by atoms with Crippen LogP contribution >= 0.6 is 0 Å². The number of piperidine rings is 1. The highest BCUT2D eigenvalue weighted by molar-refractivity contribution is 5.97. The summed E-state index contributed by atoms with van der Waals surface area (Å²) in [6, 6.07) is 10.5. The van der Waals surface area contributed by atoms with Crippen LogP contribution in [0.5, 0.6) is 0 Å². The van der Waals surface area contributed by atoms with Gasteiger partial charge in [0.2, 0.25) is 5.91 Å². The number of benzene rings is 1. The summed E-state index contributed by atoms with van der Waals surface area (Å²) in [7, 11) is 0. The van der Waals surface area contributed by atoms with Crippen LogP contribution in [0.3, 0.4) is 0 Å². The van der Waals surface area contributed by atoms with Crippen molar-refractivity contribution in [1.29, 1.82) is 0 Å². The monoisotopic (exact) mass is 339 g/mol. The maximum Gasteiger partial charge on any atom is 0.257 e. The Morgan fingerprint density at radius 1 is 1.28 bits per heavy atom. The van der Waals surface area contributed by atoms with Crippen molar-refractivity contribution in [3.05, 3.63) is 69.6 Å². The molecule has 0 bridgehead atoms. The van der Waals surface area contributed by atoms with E-state index in [9.17, 15) is 14.4 Å². The molecule has 25 heavy (non-hydrogen) atoms. The topological polar surface area (TPSA) is 82.3 Å². The van der Waals surface area contributed by atoms with Crippen LogP contribution in [0.1, 0.15) is 34.5 Å². The summed E-state index contributed by atoms with van der Waals surface area (Å²) in [4.78, 5) is 41.6. The van der Waals surface area contributed by atoms with Crippen molar-refractivity contribution in [2.24, 2.45) is 0 Å². The van der Waals surface area contributed by atoms with Crippen LogP contribution < -0.4 is 10.7 Å². The number of pyridine rings is 1. The highest BCUT2D eigenvalue weighted by Crippen LogP contribution is 2.15. The zero-order valence-electron chi connectivity index (χ0n) is 14.1. The minimum Gasteiger partial charge on any atom is -0.364 e. The third-order valence-corrected chi connectivity index (χ3v) is 4.35. The van der Waals surface area contributed by atoms with E-state index in [1.54, 1.807) is 11.8 Å². The van der Waals surface area contributed by atoms with Crippen LogP contribution in [-0.2, 0) is 11.3 Å². The van der Waals surface area contributed by atoms with Gasteiger partial charge in [-0.1, -0.05) is 30.3 Å². The second kappa shape index (κ2) is 7.34. The van der Waals surface area contributed by atoms with Gasteiger partial charge in [0.15, 0.2) is 5.43 Å². The molecule has 0 spiro atoms. The van der Waals surface area contributed by atoms with Crippen molar-refractivity contribution in [3.63, 3.8) is 0 Å². The van der Waals surface area contributed by atoms with Crippen molar-refractivity contribution in [2.75, 3.05) is 6.54 Å². The highest BCUT2D eigenvalue weighted by atomic mass is 16.2. The zero-order chi connectivity index (χ0) is 17.8. The van der Waals surface area contributed by atoms with Gasteiger partial charge in [-0.05, 0) is 25.3 Å².